The highest BCUT2D eigenvalue weighted by molar-refractivity contribution is 5.73. The fourth-order valence-electron chi connectivity index (χ4n) is 1.39. The average Bonchev–Trinajstić information content (AvgIpc) is 2.39. The van der Waals surface area contributed by atoms with E-state index in [1.807, 2.05) is 6.92 Å². The van der Waals surface area contributed by atoms with Gasteiger partial charge in [-0.15, -0.1) is 0 Å². The molecule has 0 saturated heterocycles. The molecule has 1 unspecified atom stereocenters. The van der Waals surface area contributed by atoms with Crippen LogP contribution in [0.2, 0.25) is 0 Å². The van der Waals surface area contributed by atoms with E-state index in [4.69, 9.17) is 14.6 Å². The second-order valence-electron chi connectivity index (χ2n) is 3.83. The van der Waals surface area contributed by atoms with Crippen molar-refractivity contribution in [2.75, 3.05) is 20.3 Å². The van der Waals surface area contributed by atoms with Crippen molar-refractivity contribution in [2.24, 2.45) is 0 Å². The molecule has 0 saturated carbocycles. The van der Waals surface area contributed by atoms with Gasteiger partial charge in [0.1, 0.15) is 24.1 Å². The van der Waals surface area contributed by atoms with Gasteiger partial charge in [-0.05, 0) is 37.2 Å². The zero-order valence-electron chi connectivity index (χ0n) is 10.7. The zero-order valence-corrected chi connectivity index (χ0v) is 10.7. The topological polar surface area (TPSA) is 67.8 Å². The molecule has 18 heavy (non-hydrogen) atoms. The molecule has 1 aromatic carbocycles. The minimum absolute atomic E-state index is 0.0989. The third kappa shape index (κ3) is 4.63. The van der Waals surface area contributed by atoms with Gasteiger partial charge in [-0.1, -0.05) is 6.92 Å². The van der Waals surface area contributed by atoms with Crippen molar-refractivity contribution in [3.05, 3.63) is 24.3 Å². The van der Waals surface area contributed by atoms with Crippen LogP contribution in [0.4, 0.5) is 0 Å². The van der Waals surface area contributed by atoms with Crippen LogP contribution in [0, 0.1) is 0 Å². The maximum Gasteiger partial charge on any atom is 0.324 e. The SMILES string of the molecule is CCCNC(COc1ccc(OC)cc1)C(=O)O. The Balaban J connectivity index is 2.47. The predicted octanol–water partition coefficient (Wildman–Crippen LogP) is 1.53. The Morgan fingerprint density at radius 1 is 1.33 bits per heavy atom. The van der Waals surface area contributed by atoms with Gasteiger partial charge in [0.25, 0.3) is 0 Å². The summed E-state index contributed by atoms with van der Waals surface area (Å²) in [5.41, 5.74) is 0. The van der Waals surface area contributed by atoms with E-state index >= 15 is 0 Å². The molecule has 0 fully saturated rings. The summed E-state index contributed by atoms with van der Waals surface area (Å²) in [6, 6.07) is 6.34. The first-order chi connectivity index (χ1) is 8.67. The molecule has 0 aliphatic heterocycles. The third-order valence-corrected chi connectivity index (χ3v) is 2.41. The lowest BCUT2D eigenvalue weighted by molar-refractivity contribution is -0.140. The van der Waals surface area contributed by atoms with Gasteiger partial charge in [-0.2, -0.15) is 0 Å². The van der Waals surface area contributed by atoms with E-state index in [2.05, 4.69) is 5.32 Å². The number of ether oxygens (including phenoxy) is 2. The number of benzene rings is 1. The van der Waals surface area contributed by atoms with Crippen LogP contribution < -0.4 is 14.8 Å². The Labute approximate surface area is 107 Å². The second kappa shape index (κ2) is 7.55. The van der Waals surface area contributed by atoms with Crippen molar-refractivity contribution in [3.8, 4) is 11.5 Å². The highest BCUT2D eigenvalue weighted by atomic mass is 16.5. The average molecular weight is 253 g/mol. The Bertz CT molecular complexity index is 364. The summed E-state index contributed by atoms with van der Waals surface area (Å²) in [6.45, 7) is 2.74. The van der Waals surface area contributed by atoms with Crippen LogP contribution in [0.3, 0.4) is 0 Å². The van der Waals surface area contributed by atoms with Crippen LogP contribution in [-0.4, -0.2) is 37.4 Å². The van der Waals surface area contributed by atoms with E-state index in [1.54, 1.807) is 31.4 Å². The lowest BCUT2D eigenvalue weighted by Gasteiger charge is -2.15. The Morgan fingerprint density at radius 3 is 2.44 bits per heavy atom. The van der Waals surface area contributed by atoms with E-state index in [9.17, 15) is 4.79 Å². The van der Waals surface area contributed by atoms with Crippen LogP contribution in [0.15, 0.2) is 24.3 Å². The van der Waals surface area contributed by atoms with Crippen molar-refractivity contribution >= 4 is 5.97 Å². The summed E-state index contributed by atoms with van der Waals surface area (Å²) in [5, 5.41) is 11.9. The number of rotatable bonds is 8. The van der Waals surface area contributed by atoms with E-state index in [1.165, 1.54) is 0 Å². The largest absolute Gasteiger partial charge is 0.497 e. The van der Waals surface area contributed by atoms with Crippen molar-refractivity contribution in [2.45, 2.75) is 19.4 Å². The number of carboxylic acids is 1. The molecule has 1 rings (SSSR count). The lowest BCUT2D eigenvalue weighted by Crippen LogP contribution is -2.41. The normalized spacial score (nSPS) is 11.9. The molecule has 100 valence electrons. The predicted molar refractivity (Wildman–Crippen MR) is 68.2 cm³/mol. The lowest BCUT2D eigenvalue weighted by atomic mass is 10.3. The summed E-state index contributed by atoms with van der Waals surface area (Å²) in [7, 11) is 1.59. The maximum absolute atomic E-state index is 11.0. The molecule has 5 heteroatoms. The minimum Gasteiger partial charge on any atom is -0.497 e. The Hall–Kier alpha value is -1.75. The molecule has 0 heterocycles. The number of methoxy groups -OCH3 is 1. The van der Waals surface area contributed by atoms with Crippen LogP contribution in [0.25, 0.3) is 0 Å². The minimum atomic E-state index is -0.906. The van der Waals surface area contributed by atoms with E-state index in [0.717, 1.165) is 12.2 Å². The molecule has 0 spiro atoms. The zero-order chi connectivity index (χ0) is 13.4. The molecule has 1 atom stereocenters. The van der Waals surface area contributed by atoms with Gasteiger partial charge in [0.15, 0.2) is 0 Å². The molecule has 2 N–H and O–H groups in total. The Kier molecular flexibility index (Phi) is 6.00. The third-order valence-electron chi connectivity index (χ3n) is 2.41. The quantitative estimate of drug-likeness (QED) is 0.735. The smallest absolute Gasteiger partial charge is 0.324 e. The maximum atomic E-state index is 11.0. The number of hydrogen-bond acceptors (Lipinski definition) is 4. The van der Waals surface area contributed by atoms with Gasteiger partial charge in [0, 0.05) is 0 Å². The van der Waals surface area contributed by atoms with Gasteiger partial charge in [0.05, 0.1) is 7.11 Å². The summed E-state index contributed by atoms with van der Waals surface area (Å²) < 4.78 is 10.5. The van der Waals surface area contributed by atoms with Gasteiger partial charge in [-0.25, -0.2) is 0 Å². The highest BCUT2D eigenvalue weighted by Gasteiger charge is 2.16. The van der Waals surface area contributed by atoms with E-state index in [0.29, 0.717) is 12.3 Å². The van der Waals surface area contributed by atoms with Gasteiger partial charge < -0.3 is 19.9 Å². The van der Waals surface area contributed by atoms with Gasteiger partial charge in [-0.3, -0.25) is 4.79 Å². The summed E-state index contributed by atoms with van der Waals surface area (Å²) in [4.78, 5) is 11.0. The van der Waals surface area contributed by atoms with E-state index < -0.39 is 12.0 Å². The Morgan fingerprint density at radius 2 is 1.94 bits per heavy atom. The van der Waals surface area contributed by atoms with Crippen LogP contribution >= 0.6 is 0 Å². The molecular weight excluding hydrogens is 234 g/mol. The summed E-state index contributed by atoms with van der Waals surface area (Å²) >= 11 is 0. The molecule has 0 amide bonds. The van der Waals surface area contributed by atoms with E-state index in [-0.39, 0.29) is 6.61 Å². The number of hydrogen-bond donors (Lipinski definition) is 2. The summed E-state index contributed by atoms with van der Waals surface area (Å²) in [6.07, 6.45) is 0.881. The first-order valence-electron chi connectivity index (χ1n) is 5.90. The summed E-state index contributed by atoms with van der Waals surface area (Å²) in [5.74, 6) is 0.457. The highest BCUT2D eigenvalue weighted by Crippen LogP contribution is 2.17. The number of aliphatic carboxylic acids is 1. The van der Waals surface area contributed by atoms with Crippen LogP contribution in [-0.2, 0) is 4.79 Å². The second-order valence-corrected chi connectivity index (χ2v) is 3.83. The molecule has 5 nitrogen and oxygen atoms in total. The first-order valence-corrected chi connectivity index (χ1v) is 5.90. The van der Waals surface area contributed by atoms with Gasteiger partial charge in [0.2, 0.25) is 0 Å². The molecule has 0 aromatic heterocycles. The standard InChI is InChI=1S/C13H19NO4/c1-3-8-14-12(13(15)16)9-18-11-6-4-10(17-2)5-7-11/h4-7,12,14H,3,8-9H2,1-2H3,(H,15,16). The first kappa shape index (κ1) is 14.3. The fraction of sp³-hybridized carbons (Fsp3) is 0.462. The van der Waals surface area contributed by atoms with Crippen LogP contribution in [0.1, 0.15) is 13.3 Å². The number of carboxylic acid groups (broad SMARTS) is 1. The molecular formula is C13H19NO4. The fourth-order valence-corrected chi connectivity index (χ4v) is 1.39. The molecule has 0 radical (unpaired) electrons. The monoisotopic (exact) mass is 253 g/mol. The van der Waals surface area contributed by atoms with Crippen molar-refractivity contribution < 1.29 is 19.4 Å². The number of carbonyl (C=O) groups is 1. The number of nitrogens with one attached hydrogen (secondary N) is 1. The molecule has 0 aliphatic rings. The molecule has 0 bridgehead atoms. The van der Waals surface area contributed by atoms with Crippen molar-refractivity contribution in [1.29, 1.82) is 0 Å². The molecule has 1 aromatic rings. The van der Waals surface area contributed by atoms with Gasteiger partial charge >= 0.3 is 5.97 Å². The van der Waals surface area contributed by atoms with Crippen molar-refractivity contribution in [1.82, 2.24) is 5.32 Å². The van der Waals surface area contributed by atoms with Crippen LogP contribution in [0.5, 0.6) is 11.5 Å². The molecule has 0 aliphatic carbocycles. The van der Waals surface area contributed by atoms with Crippen molar-refractivity contribution in [3.63, 3.8) is 0 Å².